The molecule has 0 saturated heterocycles. The van der Waals surface area contributed by atoms with Crippen molar-refractivity contribution in [3.8, 4) is 11.3 Å². The molecule has 0 fully saturated rings. The lowest BCUT2D eigenvalue weighted by Crippen LogP contribution is -2.11. The van der Waals surface area contributed by atoms with E-state index >= 15 is 0 Å². The summed E-state index contributed by atoms with van der Waals surface area (Å²) in [5.74, 6) is -1.23. The lowest BCUT2D eigenvalue weighted by Gasteiger charge is -2.08. The number of benzene rings is 1. The first-order valence-electron chi connectivity index (χ1n) is 5.61. The van der Waals surface area contributed by atoms with E-state index in [4.69, 9.17) is 11.6 Å². The Morgan fingerprint density at radius 2 is 1.89 bits per heavy atom. The molecule has 6 heteroatoms. The molecule has 2 rings (SSSR count). The minimum Gasteiger partial charge on any atom is -0.224 e. The molecule has 0 amide bonds. The molecule has 1 aromatic carbocycles. The van der Waals surface area contributed by atoms with E-state index in [1.54, 1.807) is 18.2 Å². The molecule has 0 bridgehead atoms. The molecule has 0 saturated carbocycles. The number of hydrogen-bond acceptors (Lipinski definition) is 2. The van der Waals surface area contributed by atoms with Crippen LogP contribution in [0.4, 0.5) is 13.2 Å². The molecule has 0 radical (unpaired) electrons. The summed E-state index contributed by atoms with van der Waals surface area (Å²) < 4.78 is 37.9. The Labute approximate surface area is 113 Å². The van der Waals surface area contributed by atoms with E-state index in [0.717, 1.165) is 12.0 Å². The highest BCUT2D eigenvalue weighted by Crippen LogP contribution is 2.30. The number of aromatic nitrogens is 2. The van der Waals surface area contributed by atoms with Gasteiger partial charge in [0, 0.05) is 11.6 Å². The Morgan fingerprint density at radius 1 is 1.16 bits per heavy atom. The van der Waals surface area contributed by atoms with Crippen LogP contribution >= 0.6 is 11.6 Å². The topological polar surface area (TPSA) is 25.8 Å². The van der Waals surface area contributed by atoms with Gasteiger partial charge in [0.15, 0.2) is 0 Å². The van der Waals surface area contributed by atoms with Gasteiger partial charge in [0.05, 0.1) is 5.69 Å². The molecule has 0 aliphatic heterocycles. The summed E-state index contributed by atoms with van der Waals surface area (Å²) in [5.41, 5.74) is 1.78. The summed E-state index contributed by atoms with van der Waals surface area (Å²) in [6.07, 6.45) is -3.82. The van der Waals surface area contributed by atoms with Crippen LogP contribution in [0.15, 0.2) is 30.3 Å². The van der Waals surface area contributed by atoms with Crippen molar-refractivity contribution >= 4 is 11.6 Å². The van der Waals surface area contributed by atoms with E-state index < -0.39 is 12.0 Å². The lowest BCUT2D eigenvalue weighted by molar-refractivity contribution is -0.144. The average molecular weight is 287 g/mol. The zero-order valence-corrected chi connectivity index (χ0v) is 10.8. The molecule has 0 N–H and O–H groups in total. The van der Waals surface area contributed by atoms with Gasteiger partial charge in [-0.15, -0.1) is 0 Å². The Morgan fingerprint density at radius 3 is 2.53 bits per heavy atom. The Balaban J connectivity index is 2.53. The first-order chi connectivity index (χ1) is 8.90. The Hall–Kier alpha value is -1.62. The molecule has 2 nitrogen and oxygen atoms in total. The summed E-state index contributed by atoms with van der Waals surface area (Å²) >= 11 is 5.63. The fourth-order valence-corrected chi connectivity index (χ4v) is 1.83. The molecule has 0 atom stereocenters. The molecular formula is C13H10ClF3N2. The van der Waals surface area contributed by atoms with E-state index in [0.29, 0.717) is 5.56 Å². The van der Waals surface area contributed by atoms with Gasteiger partial charge in [-0.1, -0.05) is 36.7 Å². The van der Waals surface area contributed by atoms with Crippen molar-refractivity contribution in [1.29, 1.82) is 0 Å². The van der Waals surface area contributed by atoms with Gasteiger partial charge in [-0.2, -0.15) is 13.2 Å². The van der Waals surface area contributed by atoms with Crippen LogP contribution in [0.3, 0.4) is 0 Å². The van der Waals surface area contributed by atoms with Gasteiger partial charge in [-0.3, -0.25) is 0 Å². The average Bonchev–Trinajstić information content (AvgIpc) is 2.37. The molecule has 0 aliphatic carbocycles. The van der Waals surface area contributed by atoms with Crippen LogP contribution in [0.1, 0.15) is 18.3 Å². The van der Waals surface area contributed by atoms with Gasteiger partial charge in [0.25, 0.3) is 0 Å². The first-order valence-corrected chi connectivity index (χ1v) is 5.99. The second-order valence-electron chi connectivity index (χ2n) is 3.95. The van der Waals surface area contributed by atoms with Crippen LogP contribution in [0.5, 0.6) is 0 Å². The highest BCUT2D eigenvalue weighted by molar-refractivity contribution is 6.29. The van der Waals surface area contributed by atoms with Crippen LogP contribution in [0, 0.1) is 0 Å². The predicted molar refractivity (Wildman–Crippen MR) is 66.9 cm³/mol. The van der Waals surface area contributed by atoms with Gasteiger partial charge in [-0.05, 0) is 18.1 Å². The van der Waals surface area contributed by atoms with Crippen LogP contribution in [0.2, 0.25) is 5.15 Å². The van der Waals surface area contributed by atoms with Crippen molar-refractivity contribution in [3.63, 3.8) is 0 Å². The van der Waals surface area contributed by atoms with Crippen LogP contribution in [-0.4, -0.2) is 9.97 Å². The highest BCUT2D eigenvalue weighted by Gasteiger charge is 2.35. The van der Waals surface area contributed by atoms with Crippen molar-refractivity contribution in [2.24, 2.45) is 0 Å². The molecule has 0 spiro atoms. The predicted octanol–water partition coefficient (Wildman–Crippen LogP) is 4.38. The highest BCUT2D eigenvalue weighted by atomic mass is 35.5. The molecular weight excluding hydrogens is 277 g/mol. The van der Waals surface area contributed by atoms with Crippen LogP contribution < -0.4 is 0 Å². The van der Waals surface area contributed by atoms with E-state index in [1.165, 1.54) is 6.07 Å². The standard InChI is InChI=1S/C13H10ClF3N2/c1-2-8-4-3-5-9(6-8)10-7-11(14)19-12(18-10)13(15,16)17/h3-7H,2H2,1H3. The summed E-state index contributed by atoms with van der Waals surface area (Å²) in [4.78, 5) is 6.73. The van der Waals surface area contributed by atoms with Gasteiger partial charge in [0.1, 0.15) is 5.15 Å². The van der Waals surface area contributed by atoms with Crippen molar-refractivity contribution in [2.75, 3.05) is 0 Å². The van der Waals surface area contributed by atoms with Gasteiger partial charge in [-0.25, -0.2) is 9.97 Å². The first kappa shape index (κ1) is 13.8. The molecule has 19 heavy (non-hydrogen) atoms. The molecule has 2 aromatic rings. The van der Waals surface area contributed by atoms with Crippen molar-refractivity contribution < 1.29 is 13.2 Å². The zero-order valence-electron chi connectivity index (χ0n) is 10.0. The molecule has 0 aliphatic rings. The number of rotatable bonds is 2. The largest absolute Gasteiger partial charge is 0.451 e. The van der Waals surface area contributed by atoms with Gasteiger partial charge >= 0.3 is 6.18 Å². The third-order valence-corrected chi connectivity index (χ3v) is 2.77. The van der Waals surface area contributed by atoms with E-state index in [1.807, 2.05) is 13.0 Å². The SMILES string of the molecule is CCc1cccc(-c2cc(Cl)nc(C(F)(F)F)n2)c1. The number of halogens is 4. The van der Waals surface area contributed by atoms with Crippen molar-refractivity contribution in [1.82, 2.24) is 9.97 Å². The number of aryl methyl sites for hydroxylation is 1. The van der Waals surface area contributed by atoms with E-state index in [9.17, 15) is 13.2 Å². The van der Waals surface area contributed by atoms with Crippen LogP contribution in [0.25, 0.3) is 11.3 Å². The second kappa shape index (κ2) is 5.17. The number of nitrogens with zero attached hydrogens (tertiary/aromatic N) is 2. The smallest absolute Gasteiger partial charge is 0.224 e. The fraction of sp³-hybridized carbons (Fsp3) is 0.231. The van der Waals surface area contributed by atoms with Gasteiger partial charge < -0.3 is 0 Å². The van der Waals surface area contributed by atoms with E-state index in [-0.39, 0.29) is 10.8 Å². The number of alkyl halides is 3. The van der Waals surface area contributed by atoms with Crippen LogP contribution in [-0.2, 0) is 12.6 Å². The molecule has 100 valence electrons. The maximum absolute atomic E-state index is 12.6. The maximum atomic E-state index is 12.6. The third kappa shape index (κ3) is 3.23. The normalized spacial score (nSPS) is 11.6. The van der Waals surface area contributed by atoms with Crippen molar-refractivity contribution in [3.05, 3.63) is 46.9 Å². The second-order valence-corrected chi connectivity index (χ2v) is 4.34. The summed E-state index contributed by atoms with van der Waals surface area (Å²) in [6.45, 7) is 1.97. The lowest BCUT2D eigenvalue weighted by atomic mass is 10.1. The molecule has 1 heterocycles. The quantitative estimate of drug-likeness (QED) is 0.766. The third-order valence-electron chi connectivity index (χ3n) is 2.58. The van der Waals surface area contributed by atoms with Gasteiger partial charge in [0.2, 0.25) is 5.82 Å². The zero-order chi connectivity index (χ0) is 14.0. The monoisotopic (exact) mass is 286 g/mol. The molecule has 0 unspecified atom stereocenters. The van der Waals surface area contributed by atoms with Crippen molar-refractivity contribution in [2.45, 2.75) is 19.5 Å². The summed E-state index contributed by atoms with van der Waals surface area (Å²) in [6, 6.07) is 8.48. The maximum Gasteiger partial charge on any atom is 0.451 e. The summed E-state index contributed by atoms with van der Waals surface area (Å²) in [7, 11) is 0. The minimum atomic E-state index is -4.61. The minimum absolute atomic E-state index is 0.169. The Bertz CT molecular complexity index is 597. The van der Waals surface area contributed by atoms with E-state index in [2.05, 4.69) is 9.97 Å². The summed E-state index contributed by atoms with van der Waals surface area (Å²) in [5, 5.41) is -0.223. The Kier molecular flexibility index (Phi) is 3.75. The number of hydrogen-bond donors (Lipinski definition) is 0. The fourth-order valence-electron chi connectivity index (χ4n) is 1.64. The molecule has 1 aromatic heterocycles.